The number of aliphatic carboxylic acids is 1. The number of likely N-dealkylation sites (N-methyl/N-ethyl adjacent to an activating group) is 1. The number of carboxylic acids is 2. The molecule has 0 heterocycles. The summed E-state index contributed by atoms with van der Waals surface area (Å²) in [7, 11) is 3.35. The summed E-state index contributed by atoms with van der Waals surface area (Å²) >= 11 is 0. The predicted octanol–water partition coefficient (Wildman–Crippen LogP) is -1.65. The molecule has 0 N–H and O–H groups in total. The Hall–Kier alpha value is -1.36. The fourth-order valence-electron chi connectivity index (χ4n) is 0.832. The predicted molar refractivity (Wildman–Crippen MR) is 54.3 cm³/mol. The molecule has 0 spiro atoms. The Morgan fingerprint density at radius 2 is 1.59 bits per heavy atom. The van der Waals surface area contributed by atoms with E-state index in [-0.39, 0.29) is 29.2 Å². The van der Waals surface area contributed by atoms with Crippen molar-refractivity contribution in [3.63, 3.8) is 0 Å². The van der Waals surface area contributed by atoms with Gasteiger partial charge in [0.2, 0.25) is 0 Å². The molecule has 0 fully saturated rings. The molecule has 0 bridgehead atoms. The molecule has 0 aliphatic carbocycles. The third-order valence-corrected chi connectivity index (χ3v) is 1.45. The molecule has 0 atom stereocenters. The van der Waals surface area contributed by atoms with Crippen molar-refractivity contribution >= 4 is 11.9 Å². The van der Waals surface area contributed by atoms with Gasteiger partial charge in [-0.1, -0.05) is 30.3 Å². The number of carboxylic acid groups (broad SMARTS) is 2. The minimum atomic E-state index is -1.13. The van der Waals surface area contributed by atoms with Crippen LogP contribution in [0, 0.1) is 0 Å². The molecule has 0 unspecified atom stereocenters. The van der Waals surface area contributed by atoms with E-state index in [4.69, 9.17) is 0 Å². The summed E-state index contributed by atoms with van der Waals surface area (Å²) in [6.45, 7) is 0. The van der Waals surface area contributed by atoms with Gasteiger partial charge in [0.05, 0.1) is 11.9 Å². The molecule has 17 heavy (non-hydrogen) atoms. The first-order valence-corrected chi connectivity index (χ1v) is 4.54. The first kappa shape index (κ1) is 18.0. The van der Waals surface area contributed by atoms with Gasteiger partial charge in [0.25, 0.3) is 0 Å². The van der Waals surface area contributed by atoms with Crippen LogP contribution in [0.2, 0.25) is 0 Å². The van der Waals surface area contributed by atoms with E-state index in [2.05, 4.69) is 0 Å². The molecule has 0 aromatic heterocycles. The van der Waals surface area contributed by atoms with E-state index >= 15 is 0 Å². The van der Waals surface area contributed by atoms with Crippen molar-refractivity contribution in [2.45, 2.75) is 0 Å². The van der Waals surface area contributed by atoms with Crippen molar-refractivity contribution in [1.29, 1.82) is 0 Å². The van der Waals surface area contributed by atoms with E-state index < -0.39 is 11.9 Å². The van der Waals surface area contributed by atoms with Crippen LogP contribution in [0.1, 0.15) is 10.4 Å². The minimum Gasteiger partial charge on any atom is -0.549 e. The molecule has 0 amide bonds. The number of rotatable bonds is 3. The number of carbonyl (C=O) groups excluding carboxylic acids is 2. The van der Waals surface area contributed by atoms with Gasteiger partial charge < -0.3 is 24.7 Å². The molecule has 1 radical (unpaired) electrons. The molecule has 5 nitrogen and oxygen atoms in total. The number of aromatic carboxylic acids is 1. The number of carbonyl (C=O) groups is 2. The average molecular weight is 287 g/mol. The van der Waals surface area contributed by atoms with Crippen molar-refractivity contribution in [3.05, 3.63) is 35.9 Å². The topological polar surface area (TPSA) is 83.5 Å². The van der Waals surface area contributed by atoms with Gasteiger partial charge in [-0.2, -0.15) is 0 Å². The van der Waals surface area contributed by atoms with Crippen LogP contribution >= 0.6 is 0 Å². The Bertz CT molecular complexity index is 341. The van der Waals surface area contributed by atoms with Crippen LogP contribution in [-0.4, -0.2) is 37.5 Å². The maximum absolute atomic E-state index is 10.1. The van der Waals surface area contributed by atoms with Crippen LogP contribution in [0.4, 0.5) is 0 Å². The summed E-state index contributed by atoms with van der Waals surface area (Å²) < 4.78 is 0. The fourth-order valence-corrected chi connectivity index (χ4v) is 0.832. The fraction of sp³-hybridized carbons (Fsp3) is 0.273. The van der Waals surface area contributed by atoms with E-state index in [1.165, 1.54) is 17.0 Å². The zero-order valence-corrected chi connectivity index (χ0v) is 10.4. The SMILES string of the molecule is CN(C)CC(=O)[O-].O=C([O-])c1ccccc1.[Cu+2]. The molecule has 0 saturated carbocycles. The van der Waals surface area contributed by atoms with Crippen LogP contribution in [0.3, 0.4) is 0 Å². The van der Waals surface area contributed by atoms with Crippen molar-refractivity contribution < 1.29 is 36.9 Å². The van der Waals surface area contributed by atoms with Crippen molar-refractivity contribution in [3.8, 4) is 0 Å². The smallest absolute Gasteiger partial charge is 0.549 e. The molecule has 1 aromatic rings. The molecule has 0 saturated heterocycles. The standard InChI is InChI=1S/C7H6O2.C4H9NO2.Cu/c8-7(9)6-4-2-1-3-5-6;1-5(2)3-4(6)7;/h1-5H,(H,8,9);3H2,1-2H3,(H,6,7);/q;;+2/p-2. The normalized spacial score (nSPS) is 8.65. The van der Waals surface area contributed by atoms with E-state index in [0.717, 1.165) is 0 Å². The molecule has 1 aromatic carbocycles. The van der Waals surface area contributed by atoms with Crippen LogP contribution in [0.5, 0.6) is 0 Å². The summed E-state index contributed by atoms with van der Waals surface area (Å²) in [5.41, 5.74) is 0.220. The van der Waals surface area contributed by atoms with E-state index in [9.17, 15) is 19.8 Å². The van der Waals surface area contributed by atoms with Gasteiger partial charge in [-0.3, -0.25) is 0 Å². The monoisotopic (exact) mass is 286 g/mol. The molecule has 0 aliphatic rings. The number of nitrogens with zero attached hydrogens (tertiary/aromatic N) is 1. The molecule has 6 heteroatoms. The Balaban J connectivity index is 0. The van der Waals surface area contributed by atoms with Crippen LogP contribution < -0.4 is 10.2 Å². The first-order valence-electron chi connectivity index (χ1n) is 4.54. The van der Waals surface area contributed by atoms with Crippen molar-refractivity contribution in [2.24, 2.45) is 0 Å². The molecule has 97 valence electrons. The van der Waals surface area contributed by atoms with E-state index in [0.29, 0.717) is 0 Å². The summed E-state index contributed by atoms with van der Waals surface area (Å²) in [5.74, 6) is -2.17. The molecule has 0 aliphatic heterocycles. The Morgan fingerprint density at radius 3 is 1.76 bits per heavy atom. The third-order valence-electron chi connectivity index (χ3n) is 1.45. The van der Waals surface area contributed by atoms with E-state index in [1.54, 1.807) is 32.3 Å². The van der Waals surface area contributed by atoms with Gasteiger partial charge in [0.1, 0.15) is 0 Å². The molecular formula is C11H13CuNO4. The summed E-state index contributed by atoms with van der Waals surface area (Å²) in [5, 5.41) is 19.7. The van der Waals surface area contributed by atoms with Crippen LogP contribution in [0.15, 0.2) is 30.3 Å². The Morgan fingerprint density at radius 1 is 1.12 bits per heavy atom. The number of hydrogen-bond donors (Lipinski definition) is 0. The molecule has 1 rings (SSSR count). The van der Waals surface area contributed by atoms with E-state index in [1.807, 2.05) is 0 Å². The van der Waals surface area contributed by atoms with Crippen molar-refractivity contribution in [2.75, 3.05) is 20.6 Å². The number of hydrogen-bond acceptors (Lipinski definition) is 5. The van der Waals surface area contributed by atoms with Crippen LogP contribution in [0.25, 0.3) is 0 Å². The maximum Gasteiger partial charge on any atom is 2.00 e. The maximum atomic E-state index is 10.1. The van der Waals surface area contributed by atoms with Crippen molar-refractivity contribution in [1.82, 2.24) is 4.90 Å². The third kappa shape index (κ3) is 10.9. The quantitative estimate of drug-likeness (QED) is 0.622. The zero-order chi connectivity index (χ0) is 12.6. The molecular weight excluding hydrogens is 274 g/mol. The number of benzene rings is 1. The summed E-state index contributed by atoms with van der Waals surface area (Å²) in [4.78, 5) is 21.3. The van der Waals surface area contributed by atoms with Gasteiger partial charge in [-0.25, -0.2) is 0 Å². The van der Waals surface area contributed by atoms with Gasteiger partial charge in [-0.15, -0.1) is 0 Å². The Kier molecular flexibility index (Phi) is 10.4. The van der Waals surface area contributed by atoms with Gasteiger partial charge in [0.15, 0.2) is 0 Å². The minimum absolute atomic E-state index is 0. The summed E-state index contributed by atoms with van der Waals surface area (Å²) in [6.07, 6.45) is 0. The Labute approximate surface area is 111 Å². The summed E-state index contributed by atoms with van der Waals surface area (Å²) in [6, 6.07) is 8.06. The second kappa shape index (κ2) is 9.84. The second-order valence-electron chi connectivity index (χ2n) is 3.26. The zero-order valence-electron chi connectivity index (χ0n) is 9.48. The van der Waals surface area contributed by atoms with Crippen LogP contribution in [-0.2, 0) is 21.9 Å². The van der Waals surface area contributed by atoms with Gasteiger partial charge in [0, 0.05) is 6.54 Å². The first-order chi connectivity index (χ1) is 7.43. The van der Waals surface area contributed by atoms with Gasteiger partial charge in [-0.05, 0) is 19.7 Å². The van der Waals surface area contributed by atoms with Gasteiger partial charge >= 0.3 is 17.1 Å². The second-order valence-corrected chi connectivity index (χ2v) is 3.26. The average Bonchev–Trinajstić information content (AvgIpc) is 2.17. The largest absolute Gasteiger partial charge is 2.00 e.